The molecule has 1 aliphatic heterocycles. The Morgan fingerprint density at radius 1 is 0.967 bits per heavy atom. The first-order valence-corrected chi connectivity index (χ1v) is 22.4. The van der Waals surface area contributed by atoms with Crippen molar-refractivity contribution in [1.29, 1.82) is 0 Å². The van der Waals surface area contributed by atoms with Gasteiger partial charge < -0.3 is 34.0 Å². The van der Waals surface area contributed by atoms with Crippen molar-refractivity contribution in [3.8, 4) is 17.2 Å². The van der Waals surface area contributed by atoms with Gasteiger partial charge in [0.2, 0.25) is 5.79 Å². The summed E-state index contributed by atoms with van der Waals surface area (Å²) in [6, 6.07) is 21.5. The minimum atomic E-state index is -1.37. The Balaban J connectivity index is 1.58. The Kier molecular flexibility index (Phi) is 15.8. The van der Waals surface area contributed by atoms with Gasteiger partial charge in [0.15, 0.2) is 0 Å². The summed E-state index contributed by atoms with van der Waals surface area (Å²) in [5.74, 6) is 0.331. The number of allylic oxidation sites excluding steroid dienone is 1. The molecule has 2 N–H and O–H groups in total. The fourth-order valence-electron chi connectivity index (χ4n) is 9.36. The molecule has 6 rings (SSSR count). The minimum absolute atomic E-state index is 0.0860. The molecule has 1 amide bonds. The molecule has 0 radical (unpaired) electrons. The quantitative estimate of drug-likeness (QED) is 0.0656. The highest BCUT2D eigenvalue weighted by molar-refractivity contribution is 6.03. The van der Waals surface area contributed by atoms with Gasteiger partial charge in [-0.15, -0.1) is 6.58 Å². The van der Waals surface area contributed by atoms with Gasteiger partial charge in [-0.25, -0.2) is 4.79 Å². The van der Waals surface area contributed by atoms with Gasteiger partial charge in [0.1, 0.15) is 29.9 Å². The Hall–Kier alpha value is -4.64. The summed E-state index contributed by atoms with van der Waals surface area (Å²) in [6.07, 6.45) is 9.38. The third-order valence-electron chi connectivity index (χ3n) is 12.3. The van der Waals surface area contributed by atoms with E-state index in [1.54, 1.807) is 11.0 Å². The number of aliphatic hydroxyl groups is 2. The van der Waals surface area contributed by atoms with Crippen LogP contribution in [0.15, 0.2) is 96.2 Å². The summed E-state index contributed by atoms with van der Waals surface area (Å²) in [4.78, 5) is 22.5. The summed E-state index contributed by atoms with van der Waals surface area (Å²) >= 11 is 0. The van der Waals surface area contributed by atoms with E-state index in [1.807, 2.05) is 69.3 Å². The highest BCUT2D eigenvalue weighted by Gasteiger charge is 2.65. The zero-order chi connectivity index (χ0) is 43.6. The standard InChI is InChI=1S/C51H68N2O8/c1-8-25-53(49(56)57-34-50(5,6)7)46-32-44(52-59-33-37-17-11-10-12-18-37)42-30-38(19-13-15-26-54)41(20-14-16-27-55)47-43-31-40(60-39-22-21-35(3)36(4)29-39)23-24-45(43)61-51(46,48(42)47)58-28-9-2/h9-12,17-18,21-24,29-31,38,41,46-48,54-55H,2,8,13-16,19-20,25-28,32-34H2,1,3-7H3/t38-,41+,46-,47+,48+,51+/m0/s1. The lowest BCUT2D eigenvalue weighted by atomic mass is 9.55. The maximum Gasteiger partial charge on any atom is 0.410 e. The van der Waals surface area contributed by atoms with Crippen molar-refractivity contribution in [2.75, 3.05) is 33.0 Å². The second kappa shape index (κ2) is 21.0. The maximum atomic E-state index is 14.5. The summed E-state index contributed by atoms with van der Waals surface area (Å²) in [6.45, 7) is 17.8. The number of carbonyl (C=O) groups is 1. The molecular formula is C51H68N2O8. The highest BCUT2D eigenvalue weighted by Crippen LogP contribution is 2.62. The first-order chi connectivity index (χ1) is 29.4. The van der Waals surface area contributed by atoms with Gasteiger partial charge in [-0.1, -0.05) is 94.2 Å². The number of hydrogen-bond acceptors (Lipinski definition) is 9. The summed E-state index contributed by atoms with van der Waals surface area (Å²) in [5, 5.41) is 24.9. The number of amides is 1. The van der Waals surface area contributed by atoms with Crippen LogP contribution in [0.1, 0.15) is 107 Å². The number of aliphatic hydroxyl groups excluding tert-OH is 2. The van der Waals surface area contributed by atoms with Gasteiger partial charge in [-0.3, -0.25) is 4.90 Å². The van der Waals surface area contributed by atoms with Crippen LogP contribution in [0.3, 0.4) is 0 Å². The van der Waals surface area contributed by atoms with E-state index in [1.165, 1.54) is 5.56 Å². The molecule has 0 unspecified atom stereocenters. The van der Waals surface area contributed by atoms with Crippen molar-refractivity contribution in [3.63, 3.8) is 0 Å². The molecule has 3 aromatic rings. The Labute approximate surface area is 363 Å². The molecule has 3 aliphatic rings. The van der Waals surface area contributed by atoms with E-state index in [2.05, 4.69) is 51.6 Å². The van der Waals surface area contributed by atoms with Crippen LogP contribution in [0.25, 0.3) is 0 Å². The molecule has 10 heteroatoms. The number of nitrogens with zero attached hydrogens (tertiary/aromatic N) is 2. The fraction of sp³-hybridized carbons (Fsp3) is 0.529. The van der Waals surface area contributed by atoms with Crippen LogP contribution in [-0.2, 0) is 20.9 Å². The van der Waals surface area contributed by atoms with E-state index < -0.39 is 23.8 Å². The first kappa shape index (κ1) is 45.9. The lowest BCUT2D eigenvalue weighted by molar-refractivity contribution is -0.255. The zero-order valence-corrected chi connectivity index (χ0v) is 37.2. The molecule has 6 atom stereocenters. The monoisotopic (exact) mass is 836 g/mol. The number of fused-ring (bicyclic) bond motifs is 2. The number of oxime groups is 1. The van der Waals surface area contributed by atoms with E-state index in [0.717, 1.165) is 59.4 Å². The minimum Gasteiger partial charge on any atom is -0.459 e. The van der Waals surface area contributed by atoms with Crippen LogP contribution in [0.2, 0.25) is 0 Å². The van der Waals surface area contributed by atoms with Crippen molar-refractivity contribution in [2.45, 2.75) is 117 Å². The number of unbranched alkanes of at least 4 members (excludes halogenated alkanes) is 2. The molecule has 3 aromatic carbocycles. The number of carbonyl (C=O) groups excluding carboxylic acids is 1. The van der Waals surface area contributed by atoms with Crippen LogP contribution >= 0.6 is 0 Å². The number of benzene rings is 3. The second-order valence-corrected chi connectivity index (χ2v) is 18.2. The molecule has 2 aliphatic carbocycles. The topological polar surface area (TPSA) is 119 Å². The van der Waals surface area contributed by atoms with Gasteiger partial charge in [0, 0.05) is 37.7 Å². The predicted octanol–water partition coefficient (Wildman–Crippen LogP) is 10.8. The zero-order valence-electron chi connectivity index (χ0n) is 37.2. The number of hydrogen-bond donors (Lipinski definition) is 2. The van der Waals surface area contributed by atoms with Crippen molar-refractivity contribution in [3.05, 3.63) is 113 Å². The molecule has 61 heavy (non-hydrogen) atoms. The van der Waals surface area contributed by atoms with Crippen LogP contribution in [0.5, 0.6) is 17.2 Å². The van der Waals surface area contributed by atoms with E-state index >= 15 is 0 Å². The maximum absolute atomic E-state index is 14.5. The van der Waals surface area contributed by atoms with Crippen molar-refractivity contribution < 1.29 is 38.8 Å². The van der Waals surface area contributed by atoms with E-state index in [9.17, 15) is 15.0 Å². The van der Waals surface area contributed by atoms with E-state index in [-0.39, 0.29) is 56.2 Å². The molecule has 330 valence electrons. The molecule has 0 saturated heterocycles. The molecule has 10 nitrogen and oxygen atoms in total. The smallest absolute Gasteiger partial charge is 0.410 e. The van der Waals surface area contributed by atoms with Gasteiger partial charge in [0.05, 0.1) is 24.8 Å². The predicted molar refractivity (Wildman–Crippen MR) is 240 cm³/mol. The van der Waals surface area contributed by atoms with Crippen LogP contribution < -0.4 is 9.47 Å². The van der Waals surface area contributed by atoms with E-state index in [4.69, 9.17) is 28.9 Å². The lowest BCUT2D eigenvalue weighted by Gasteiger charge is -2.60. The Morgan fingerprint density at radius 3 is 2.38 bits per heavy atom. The SMILES string of the molecule is C=CCO[C@@]12Oc3ccc(Oc4ccc(C)c(C)c4)cc3[C@H]3[C@H](CCCCO)[C@@H](CCCCO)C=C(C(=NOCc4ccccc4)C[C@@H]1N(CCC)C(=O)OCC(C)(C)C)[C@H]32. The third kappa shape index (κ3) is 10.9. The lowest BCUT2D eigenvalue weighted by Crippen LogP contribution is -2.70. The molecule has 0 bridgehead atoms. The number of aryl methyl sites for hydroxylation is 2. The molecule has 1 saturated carbocycles. The van der Waals surface area contributed by atoms with Crippen LogP contribution in [-0.4, -0.2) is 71.7 Å². The average Bonchev–Trinajstić information content (AvgIpc) is 3.24. The van der Waals surface area contributed by atoms with E-state index in [0.29, 0.717) is 43.7 Å². The van der Waals surface area contributed by atoms with Gasteiger partial charge in [-0.2, -0.15) is 0 Å². The average molecular weight is 837 g/mol. The summed E-state index contributed by atoms with van der Waals surface area (Å²) < 4.78 is 27.2. The first-order valence-electron chi connectivity index (χ1n) is 22.4. The number of rotatable bonds is 20. The van der Waals surface area contributed by atoms with Crippen molar-refractivity contribution in [1.82, 2.24) is 4.90 Å². The number of ether oxygens (including phenoxy) is 4. The van der Waals surface area contributed by atoms with Crippen molar-refractivity contribution >= 4 is 11.8 Å². The van der Waals surface area contributed by atoms with Crippen molar-refractivity contribution in [2.24, 2.45) is 28.3 Å². The molecule has 1 heterocycles. The summed E-state index contributed by atoms with van der Waals surface area (Å²) in [7, 11) is 0. The highest BCUT2D eigenvalue weighted by atomic mass is 16.7. The largest absolute Gasteiger partial charge is 0.459 e. The second-order valence-electron chi connectivity index (χ2n) is 18.2. The molecule has 0 aromatic heterocycles. The van der Waals surface area contributed by atoms with Crippen LogP contribution in [0.4, 0.5) is 4.79 Å². The Morgan fingerprint density at radius 2 is 1.69 bits per heavy atom. The molecule has 0 spiro atoms. The van der Waals surface area contributed by atoms with Crippen LogP contribution in [0, 0.1) is 37.0 Å². The van der Waals surface area contributed by atoms with Gasteiger partial charge in [-0.05, 0) is 116 Å². The normalized spacial score (nSPS) is 23.6. The molecular weight excluding hydrogens is 769 g/mol. The molecule has 1 fully saturated rings. The third-order valence-corrected chi connectivity index (χ3v) is 12.3. The Bertz CT molecular complexity index is 1990. The fourth-order valence-corrected chi connectivity index (χ4v) is 9.36. The van der Waals surface area contributed by atoms with Gasteiger partial charge in [0.25, 0.3) is 0 Å². The summed E-state index contributed by atoms with van der Waals surface area (Å²) in [5.41, 5.74) is 5.81. The van der Waals surface area contributed by atoms with Gasteiger partial charge >= 0.3 is 6.09 Å².